The maximum absolute atomic E-state index is 3.35. The molecule has 0 spiro atoms. The van der Waals surface area contributed by atoms with Crippen LogP contribution in [0, 0.1) is 11.8 Å². The molecule has 72 valence electrons. The van der Waals surface area contributed by atoms with Gasteiger partial charge in [0.1, 0.15) is 0 Å². The number of nitrogens with one attached hydrogen (secondary N) is 1. The van der Waals surface area contributed by atoms with Gasteiger partial charge in [-0.15, -0.1) is 0 Å². The average molecular weight is 169 g/mol. The molecule has 0 aliphatic heterocycles. The van der Waals surface area contributed by atoms with Crippen molar-refractivity contribution in [3.05, 3.63) is 12.2 Å². The number of hydrogen-bond acceptors (Lipinski definition) is 1. The van der Waals surface area contributed by atoms with E-state index in [9.17, 15) is 0 Å². The highest BCUT2D eigenvalue weighted by atomic mass is 14.9. The minimum atomic E-state index is 0.143. The Morgan fingerprint density at radius 2 is 1.67 bits per heavy atom. The van der Waals surface area contributed by atoms with E-state index in [0.29, 0.717) is 11.8 Å². The van der Waals surface area contributed by atoms with E-state index in [1.807, 2.05) is 7.05 Å². The summed E-state index contributed by atoms with van der Waals surface area (Å²) >= 11 is 0. The number of allylic oxidation sites excluding steroid dienone is 1. The first-order chi connectivity index (χ1) is 5.42. The molecule has 0 fully saturated rings. The summed E-state index contributed by atoms with van der Waals surface area (Å²) in [6.45, 7) is 11.1. The molecule has 12 heavy (non-hydrogen) atoms. The third-order valence-electron chi connectivity index (χ3n) is 2.57. The van der Waals surface area contributed by atoms with E-state index in [-0.39, 0.29) is 5.54 Å². The minimum Gasteiger partial charge on any atom is -0.311 e. The molecule has 0 saturated heterocycles. The van der Waals surface area contributed by atoms with Crippen molar-refractivity contribution in [1.29, 1.82) is 0 Å². The lowest BCUT2D eigenvalue weighted by Gasteiger charge is -2.30. The predicted molar refractivity (Wildman–Crippen MR) is 56.3 cm³/mol. The van der Waals surface area contributed by atoms with Gasteiger partial charge in [-0.2, -0.15) is 0 Å². The SMILES string of the molecule is CNC(C)(/C=C/C(C)C)C(C)C. The van der Waals surface area contributed by atoms with Crippen LogP contribution in [0.25, 0.3) is 0 Å². The highest BCUT2D eigenvalue weighted by molar-refractivity contribution is 5.05. The summed E-state index contributed by atoms with van der Waals surface area (Å²) in [5.41, 5.74) is 0.143. The smallest absolute Gasteiger partial charge is 0.0356 e. The van der Waals surface area contributed by atoms with Gasteiger partial charge in [0.25, 0.3) is 0 Å². The Kier molecular flexibility index (Phi) is 4.54. The van der Waals surface area contributed by atoms with Crippen LogP contribution in [0.1, 0.15) is 34.6 Å². The van der Waals surface area contributed by atoms with Crippen LogP contribution < -0.4 is 5.32 Å². The molecule has 0 aliphatic rings. The fourth-order valence-electron chi connectivity index (χ4n) is 0.957. The fraction of sp³-hybridized carbons (Fsp3) is 0.818. The number of likely N-dealkylation sites (N-methyl/N-ethyl adjacent to an activating group) is 1. The second-order valence-electron chi connectivity index (χ2n) is 4.29. The monoisotopic (exact) mass is 169 g/mol. The lowest BCUT2D eigenvalue weighted by atomic mass is 9.87. The van der Waals surface area contributed by atoms with Crippen molar-refractivity contribution in [3.63, 3.8) is 0 Å². The van der Waals surface area contributed by atoms with Crippen LogP contribution >= 0.6 is 0 Å². The molecule has 1 nitrogen and oxygen atoms in total. The molecular weight excluding hydrogens is 146 g/mol. The average Bonchev–Trinajstić information content (AvgIpc) is 1.99. The Hall–Kier alpha value is -0.300. The van der Waals surface area contributed by atoms with Crippen molar-refractivity contribution in [3.8, 4) is 0 Å². The molecule has 1 atom stereocenters. The molecule has 1 unspecified atom stereocenters. The Labute approximate surface area is 77.2 Å². The standard InChI is InChI=1S/C11H23N/c1-9(2)7-8-11(5,12-6)10(3)4/h7-10,12H,1-6H3/b8-7+. The van der Waals surface area contributed by atoms with Crippen LogP contribution in [0.15, 0.2) is 12.2 Å². The van der Waals surface area contributed by atoms with Crippen molar-refractivity contribution < 1.29 is 0 Å². The first kappa shape index (κ1) is 11.7. The quantitative estimate of drug-likeness (QED) is 0.638. The van der Waals surface area contributed by atoms with Crippen molar-refractivity contribution >= 4 is 0 Å². The normalized spacial score (nSPS) is 17.7. The second-order valence-corrected chi connectivity index (χ2v) is 4.29. The first-order valence-corrected chi connectivity index (χ1v) is 4.80. The van der Waals surface area contributed by atoms with Gasteiger partial charge in [0, 0.05) is 5.54 Å². The molecule has 0 aromatic rings. The Bertz CT molecular complexity index is 147. The summed E-state index contributed by atoms with van der Waals surface area (Å²) in [6.07, 6.45) is 4.54. The van der Waals surface area contributed by atoms with E-state index in [1.54, 1.807) is 0 Å². The van der Waals surface area contributed by atoms with Crippen LogP contribution in [0.2, 0.25) is 0 Å². The van der Waals surface area contributed by atoms with E-state index in [4.69, 9.17) is 0 Å². The van der Waals surface area contributed by atoms with Crippen LogP contribution in [-0.4, -0.2) is 12.6 Å². The molecule has 0 bridgehead atoms. The third-order valence-corrected chi connectivity index (χ3v) is 2.57. The van der Waals surface area contributed by atoms with Crippen molar-refractivity contribution in [2.75, 3.05) is 7.05 Å². The van der Waals surface area contributed by atoms with Crippen molar-refractivity contribution in [1.82, 2.24) is 5.32 Å². The van der Waals surface area contributed by atoms with Gasteiger partial charge in [-0.3, -0.25) is 0 Å². The van der Waals surface area contributed by atoms with E-state index in [1.165, 1.54) is 0 Å². The van der Waals surface area contributed by atoms with Crippen molar-refractivity contribution in [2.24, 2.45) is 11.8 Å². The predicted octanol–water partition coefficient (Wildman–Crippen LogP) is 2.83. The zero-order chi connectivity index (χ0) is 9.78. The topological polar surface area (TPSA) is 12.0 Å². The van der Waals surface area contributed by atoms with Crippen LogP contribution in [0.4, 0.5) is 0 Å². The molecule has 0 saturated carbocycles. The lowest BCUT2D eigenvalue weighted by molar-refractivity contribution is 0.351. The Morgan fingerprint density at radius 1 is 1.17 bits per heavy atom. The fourth-order valence-corrected chi connectivity index (χ4v) is 0.957. The van der Waals surface area contributed by atoms with Crippen molar-refractivity contribution in [2.45, 2.75) is 40.2 Å². The largest absolute Gasteiger partial charge is 0.311 e. The zero-order valence-corrected chi connectivity index (χ0v) is 9.31. The van der Waals surface area contributed by atoms with E-state index >= 15 is 0 Å². The molecular formula is C11H23N. The first-order valence-electron chi connectivity index (χ1n) is 4.80. The maximum atomic E-state index is 3.35. The summed E-state index contributed by atoms with van der Waals surface area (Å²) in [5.74, 6) is 1.26. The van der Waals surface area contributed by atoms with E-state index in [0.717, 1.165) is 0 Å². The summed E-state index contributed by atoms with van der Waals surface area (Å²) in [5, 5.41) is 3.35. The van der Waals surface area contributed by atoms with Gasteiger partial charge in [-0.05, 0) is 25.8 Å². The molecule has 0 rings (SSSR count). The molecule has 0 radical (unpaired) electrons. The molecule has 0 aromatic carbocycles. The molecule has 1 heteroatoms. The highest BCUT2D eigenvalue weighted by Crippen LogP contribution is 2.18. The number of hydrogen-bond donors (Lipinski definition) is 1. The van der Waals surface area contributed by atoms with Gasteiger partial charge in [0.15, 0.2) is 0 Å². The van der Waals surface area contributed by atoms with Crippen LogP contribution in [0.3, 0.4) is 0 Å². The van der Waals surface area contributed by atoms with Gasteiger partial charge < -0.3 is 5.32 Å². The zero-order valence-electron chi connectivity index (χ0n) is 9.31. The van der Waals surface area contributed by atoms with Gasteiger partial charge in [-0.25, -0.2) is 0 Å². The molecule has 1 N–H and O–H groups in total. The second kappa shape index (κ2) is 4.66. The molecule has 0 amide bonds. The van der Waals surface area contributed by atoms with Crippen LogP contribution in [-0.2, 0) is 0 Å². The summed E-state index contributed by atoms with van der Waals surface area (Å²) < 4.78 is 0. The molecule has 0 aromatic heterocycles. The van der Waals surface area contributed by atoms with Gasteiger partial charge in [0.2, 0.25) is 0 Å². The maximum Gasteiger partial charge on any atom is 0.0356 e. The molecule has 0 aliphatic carbocycles. The lowest BCUT2D eigenvalue weighted by Crippen LogP contribution is -2.42. The minimum absolute atomic E-state index is 0.143. The Morgan fingerprint density at radius 3 is 1.92 bits per heavy atom. The van der Waals surface area contributed by atoms with E-state index in [2.05, 4.69) is 52.1 Å². The van der Waals surface area contributed by atoms with Crippen LogP contribution in [0.5, 0.6) is 0 Å². The van der Waals surface area contributed by atoms with Gasteiger partial charge in [0.05, 0.1) is 0 Å². The molecule has 0 heterocycles. The Balaban J connectivity index is 4.33. The van der Waals surface area contributed by atoms with Gasteiger partial charge in [-0.1, -0.05) is 39.8 Å². The van der Waals surface area contributed by atoms with E-state index < -0.39 is 0 Å². The summed E-state index contributed by atoms with van der Waals surface area (Å²) in [7, 11) is 2.02. The third kappa shape index (κ3) is 3.40. The summed E-state index contributed by atoms with van der Waals surface area (Å²) in [4.78, 5) is 0. The van der Waals surface area contributed by atoms with Gasteiger partial charge >= 0.3 is 0 Å². The highest BCUT2D eigenvalue weighted by Gasteiger charge is 2.22. The number of rotatable bonds is 4. The summed E-state index contributed by atoms with van der Waals surface area (Å²) in [6, 6.07) is 0.